The quantitative estimate of drug-likeness (QED) is 0.544. The Labute approximate surface area is 188 Å². The maximum absolute atomic E-state index is 12.3. The molecule has 1 aromatic carbocycles. The van der Waals surface area contributed by atoms with Crippen LogP contribution in [0.5, 0.6) is 5.75 Å². The molecule has 0 amide bonds. The fourth-order valence-corrected chi connectivity index (χ4v) is 6.22. The van der Waals surface area contributed by atoms with Crippen LogP contribution in [-0.4, -0.2) is 47.7 Å². The Kier molecular flexibility index (Phi) is 8.23. The van der Waals surface area contributed by atoms with Crippen LogP contribution < -0.4 is 14.8 Å². The molecule has 3 aliphatic rings. The summed E-state index contributed by atoms with van der Waals surface area (Å²) in [4.78, 5) is 0. The number of rotatable bonds is 9. The van der Waals surface area contributed by atoms with E-state index >= 15 is 0 Å². The summed E-state index contributed by atoms with van der Waals surface area (Å²) in [5.74, 6) is 1.45. The third kappa shape index (κ3) is 6.05. The Morgan fingerprint density at radius 2 is 1.97 bits per heavy atom. The van der Waals surface area contributed by atoms with Crippen molar-refractivity contribution in [3.63, 3.8) is 0 Å². The van der Waals surface area contributed by atoms with Gasteiger partial charge in [0.2, 0.25) is 0 Å². The molecule has 5 nitrogen and oxygen atoms in total. The number of hydrogen-bond acceptors (Lipinski definition) is 5. The summed E-state index contributed by atoms with van der Waals surface area (Å²) in [5, 5.41) is 4.73. The summed E-state index contributed by atoms with van der Waals surface area (Å²) < 4.78 is 27.9. The van der Waals surface area contributed by atoms with Crippen LogP contribution in [0.4, 0.5) is 0 Å². The lowest BCUT2D eigenvalue weighted by Crippen LogP contribution is -2.56. The van der Waals surface area contributed by atoms with Crippen molar-refractivity contribution < 1.29 is 14.0 Å². The maximum Gasteiger partial charge on any atom is 0.135 e. The van der Waals surface area contributed by atoms with Crippen LogP contribution in [0.25, 0.3) is 0 Å². The minimum Gasteiger partial charge on any atom is -0.598 e. The topological polar surface area (TPSA) is 65.6 Å². The average molecular weight is 455 g/mol. The van der Waals surface area contributed by atoms with Gasteiger partial charge in [0.1, 0.15) is 11.0 Å². The van der Waals surface area contributed by atoms with Gasteiger partial charge in [-0.05, 0) is 81.7 Å². The van der Waals surface area contributed by atoms with Gasteiger partial charge in [-0.1, -0.05) is 11.6 Å². The summed E-state index contributed by atoms with van der Waals surface area (Å²) in [6, 6.07) is 6.47. The van der Waals surface area contributed by atoms with E-state index in [4.69, 9.17) is 21.1 Å². The predicted octanol–water partition coefficient (Wildman–Crippen LogP) is 4.32. The summed E-state index contributed by atoms with van der Waals surface area (Å²) in [7, 11) is 0. The van der Waals surface area contributed by atoms with Crippen molar-refractivity contribution in [3.8, 4) is 5.75 Å². The van der Waals surface area contributed by atoms with Crippen molar-refractivity contribution in [1.29, 1.82) is 0 Å². The van der Waals surface area contributed by atoms with Crippen LogP contribution in [0, 0.1) is 0 Å². The molecular weight excluding hydrogens is 420 g/mol. The SMILES string of the molecule is CCOc1ccc(Cl)cc1[C@H]1CC[C@@H](OCC2NCCCC2N[S+]([O-])C2CC2)CC1. The molecule has 30 heavy (non-hydrogen) atoms. The molecule has 2 saturated carbocycles. The van der Waals surface area contributed by atoms with Gasteiger partial charge >= 0.3 is 0 Å². The molecule has 1 heterocycles. The lowest BCUT2D eigenvalue weighted by atomic mass is 9.82. The Hall–Kier alpha value is -0.500. The van der Waals surface area contributed by atoms with Crippen LogP contribution in [0.3, 0.4) is 0 Å². The van der Waals surface area contributed by atoms with Gasteiger partial charge in [-0.25, -0.2) is 0 Å². The van der Waals surface area contributed by atoms with Crippen molar-refractivity contribution in [2.75, 3.05) is 19.8 Å². The first-order valence-corrected chi connectivity index (χ1v) is 13.2. The Morgan fingerprint density at radius 3 is 2.70 bits per heavy atom. The normalized spacial score (nSPS) is 30.8. The maximum atomic E-state index is 12.3. The zero-order chi connectivity index (χ0) is 20.9. The number of nitrogens with one attached hydrogen (secondary N) is 2. The van der Waals surface area contributed by atoms with Gasteiger partial charge in [0.25, 0.3) is 0 Å². The standard InChI is InChI=1S/C23H35ClN2O3S/c1-2-28-23-12-7-17(24)14-20(23)16-5-8-18(9-6-16)29-15-22-21(4-3-13-25-22)26-30(27)19-10-11-19/h7,12,14,16,18-19,21-22,25-26H,2-6,8-11,13,15H2,1H3/t16-,18+,21?,22?,30?. The van der Waals surface area contributed by atoms with E-state index in [0.29, 0.717) is 30.5 Å². The van der Waals surface area contributed by atoms with Gasteiger partial charge in [0.15, 0.2) is 0 Å². The molecular formula is C23H35ClN2O3S. The van der Waals surface area contributed by atoms with E-state index in [2.05, 4.69) is 16.1 Å². The molecule has 1 aliphatic heterocycles. The highest BCUT2D eigenvalue weighted by molar-refractivity contribution is 7.90. The first-order chi connectivity index (χ1) is 14.6. The second kappa shape index (κ2) is 10.9. The van der Waals surface area contributed by atoms with E-state index in [-0.39, 0.29) is 12.1 Å². The van der Waals surface area contributed by atoms with E-state index in [9.17, 15) is 4.55 Å². The number of halogens is 1. The van der Waals surface area contributed by atoms with Crippen LogP contribution in [0.15, 0.2) is 18.2 Å². The lowest BCUT2D eigenvalue weighted by Gasteiger charge is -2.35. The van der Waals surface area contributed by atoms with Gasteiger partial charge in [-0.3, -0.25) is 0 Å². The molecule has 4 rings (SSSR count). The molecule has 7 heteroatoms. The third-order valence-electron chi connectivity index (χ3n) is 6.58. The van der Waals surface area contributed by atoms with E-state index in [1.807, 2.05) is 19.1 Å². The highest BCUT2D eigenvalue weighted by Crippen LogP contribution is 2.39. The smallest absolute Gasteiger partial charge is 0.135 e. The van der Waals surface area contributed by atoms with Gasteiger partial charge in [-0.2, -0.15) is 0 Å². The lowest BCUT2D eigenvalue weighted by molar-refractivity contribution is 0.00509. The van der Waals surface area contributed by atoms with Crippen molar-refractivity contribution in [3.05, 3.63) is 28.8 Å². The van der Waals surface area contributed by atoms with Crippen molar-refractivity contribution in [1.82, 2.24) is 10.0 Å². The molecule has 0 aromatic heterocycles. The molecule has 3 fully saturated rings. The number of ether oxygens (including phenoxy) is 2. The van der Waals surface area contributed by atoms with E-state index < -0.39 is 11.4 Å². The van der Waals surface area contributed by atoms with Crippen molar-refractivity contribution >= 4 is 23.0 Å². The molecule has 0 bridgehead atoms. The molecule has 3 unspecified atom stereocenters. The minimum absolute atomic E-state index is 0.247. The molecule has 168 valence electrons. The predicted molar refractivity (Wildman–Crippen MR) is 123 cm³/mol. The summed E-state index contributed by atoms with van der Waals surface area (Å²) in [5.41, 5.74) is 1.24. The highest BCUT2D eigenvalue weighted by atomic mass is 35.5. The number of hydrogen-bond donors (Lipinski definition) is 2. The van der Waals surface area contributed by atoms with Crippen LogP contribution >= 0.6 is 11.6 Å². The zero-order valence-electron chi connectivity index (χ0n) is 17.9. The third-order valence-corrected chi connectivity index (χ3v) is 8.42. The van der Waals surface area contributed by atoms with Crippen molar-refractivity contribution in [2.45, 2.75) is 87.6 Å². The van der Waals surface area contributed by atoms with Gasteiger partial charge in [0, 0.05) is 29.2 Å². The van der Waals surface area contributed by atoms with Crippen LogP contribution in [0.1, 0.15) is 69.8 Å². The molecule has 1 aromatic rings. The molecule has 0 radical (unpaired) electrons. The Morgan fingerprint density at radius 1 is 1.17 bits per heavy atom. The zero-order valence-corrected chi connectivity index (χ0v) is 19.5. The molecule has 2 aliphatic carbocycles. The Balaban J connectivity index is 1.26. The van der Waals surface area contributed by atoms with Crippen LogP contribution in [0.2, 0.25) is 5.02 Å². The second-order valence-corrected chi connectivity index (χ2v) is 10.8. The fraction of sp³-hybridized carbons (Fsp3) is 0.739. The van der Waals surface area contributed by atoms with E-state index in [1.165, 1.54) is 5.56 Å². The van der Waals surface area contributed by atoms with Crippen molar-refractivity contribution in [2.24, 2.45) is 0 Å². The van der Waals surface area contributed by atoms with Gasteiger partial charge in [0.05, 0.1) is 31.4 Å². The summed E-state index contributed by atoms with van der Waals surface area (Å²) in [6.07, 6.45) is 9.00. The molecule has 2 N–H and O–H groups in total. The second-order valence-electron chi connectivity index (χ2n) is 8.85. The monoisotopic (exact) mass is 454 g/mol. The van der Waals surface area contributed by atoms with Gasteiger partial charge < -0.3 is 19.3 Å². The summed E-state index contributed by atoms with van der Waals surface area (Å²) in [6.45, 7) is 4.40. The number of benzene rings is 1. The van der Waals surface area contributed by atoms with Gasteiger partial charge in [-0.15, -0.1) is 4.72 Å². The number of piperidine rings is 1. The first-order valence-electron chi connectivity index (χ1n) is 11.6. The molecule has 0 spiro atoms. The minimum atomic E-state index is -0.888. The van der Waals surface area contributed by atoms with E-state index in [0.717, 1.165) is 68.7 Å². The highest BCUT2D eigenvalue weighted by Gasteiger charge is 2.38. The average Bonchev–Trinajstić information content (AvgIpc) is 3.61. The molecule has 1 saturated heterocycles. The Bertz CT molecular complexity index is 682. The fourth-order valence-electron chi connectivity index (χ4n) is 4.70. The summed E-state index contributed by atoms with van der Waals surface area (Å²) >= 11 is 5.37. The first kappa shape index (κ1) is 22.7. The van der Waals surface area contributed by atoms with E-state index in [1.54, 1.807) is 0 Å². The van der Waals surface area contributed by atoms with Crippen LogP contribution in [-0.2, 0) is 16.1 Å². The molecule has 3 atom stereocenters. The largest absolute Gasteiger partial charge is 0.598 e.